The maximum absolute atomic E-state index is 11.8. The van der Waals surface area contributed by atoms with E-state index in [-0.39, 0.29) is 0 Å². The van der Waals surface area contributed by atoms with E-state index in [0.29, 0.717) is 6.04 Å². The number of nitrogens with one attached hydrogen (secondary N) is 3. The van der Waals surface area contributed by atoms with Gasteiger partial charge in [0.1, 0.15) is 5.60 Å². The maximum atomic E-state index is 11.8. The van der Waals surface area contributed by atoms with Gasteiger partial charge in [0.25, 0.3) is 0 Å². The van der Waals surface area contributed by atoms with Crippen LogP contribution in [0.25, 0.3) is 0 Å². The van der Waals surface area contributed by atoms with E-state index in [0.717, 1.165) is 37.3 Å². The maximum Gasteiger partial charge on any atom is 0.412 e. The van der Waals surface area contributed by atoms with Crippen molar-refractivity contribution in [2.75, 3.05) is 23.7 Å². The predicted molar refractivity (Wildman–Crippen MR) is 85.8 cm³/mol. The number of carbonyl (C=O) groups excluding carboxylic acids is 1. The highest BCUT2D eigenvalue weighted by Crippen LogP contribution is 2.19. The molecule has 1 aliphatic rings. The van der Waals surface area contributed by atoms with Crippen molar-refractivity contribution in [2.24, 2.45) is 0 Å². The molecule has 1 heterocycles. The molecule has 1 saturated heterocycles. The lowest BCUT2D eigenvalue weighted by molar-refractivity contribution is 0.0636. The van der Waals surface area contributed by atoms with Gasteiger partial charge in [-0.1, -0.05) is 6.07 Å². The number of amides is 1. The lowest BCUT2D eigenvalue weighted by atomic mass is 10.1. The van der Waals surface area contributed by atoms with Crippen LogP contribution in [0.3, 0.4) is 0 Å². The number of hydrogen-bond acceptors (Lipinski definition) is 4. The van der Waals surface area contributed by atoms with Gasteiger partial charge in [-0.3, -0.25) is 5.32 Å². The van der Waals surface area contributed by atoms with Crippen LogP contribution in [0.2, 0.25) is 0 Å². The fourth-order valence-electron chi connectivity index (χ4n) is 2.31. The minimum atomic E-state index is -0.491. The SMILES string of the molecule is CC(C)(C)OC(=O)Nc1cccc(NC2CCNCC2)c1. The number of anilines is 2. The fraction of sp³-hybridized carbons (Fsp3) is 0.562. The Hall–Kier alpha value is -1.75. The Balaban J connectivity index is 1.92. The van der Waals surface area contributed by atoms with Gasteiger partial charge in [-0.15, -0.1) is 0 Å². The molecule has 0 bridgehead atoms. The number of piperidine rings is 1. The second kappa shape index (κ2) is 6.80. The van der Waals surface area contributed by atoms with Crippen molar-refractivity contribution in [2.45, 2.75) is 45.3 Å². The molecule has 0 aromatic heterocycles. The van der Waals surface area contributed by atoms with Crippen LogP contribution in [0.4, 0.5) is 16.2 Å². The van der Waals surface area contributed by atoms with E-state index < -0.39 is 11.7 Å². The second-order valence-corrected chi connectivity index (χ2v) is 6.38. The summed E-state index contributed by atoms with van der Waals surface area (Å²) in [5, 5.41) is 9.62. The summed E-state index contributed by atoms with van der Waals surface area (Å²) in [4.78, 5) is 11.8. The topological polar surface area (TPSA) is 62.4 Å². The molecule has 5 nitrogen and oxygen atoms in total. The molecule has 0 radical (unpaired) electrons. The summed E-state index contributed by atoms with van der Waals surface area (Å²) in [7, 11) is 0. The lowest BCUT2D eigenvalue weighted by Crippen LogP contribution is -2.35. The second-order valence-electron chi connectivity index (χ2n) is 6.38. The molecule has 1 aliphatic heterocycles. The van der Waals surface area contributed by atoms with Crippen molar-refractivity contribution in [3.05, 3.63) is 24.3 Å². The zero-order valence-corrected chi connectivity index (χ0v) is 13.0. The largest absolute Gasteiger partial charge is 0.444 e. The van der Waals surface area contributed by atoms with Crippen molar-refractivity contribution in [1.29, 1.82) is 0 Å². The lowest BCUT2D eigenvalue weighted by Gasteiger charge is -2.25. The van der Waals surface area contributed by atoms with Gasteiger partial charge in [-0.05, 0) is 64.9 Å². The molecule has 1 aromatic carbocycles. The zero-order chi connectivity index (χ0) is 15.3. The van der Waals surface area contributed by atoms with E-state index >= 15 is 0 Å². The number of ether oxygens (including phenoxy) is 1. The summed E-state index contributed by atoms with van der Waals surface area (Å²) in [6.07, 6.45) is 1.80. The third-order valence-corrected chi connectivity index (χ3v) is 3.22. The number of hydrogen-bond donors (Lipinski definition) is 3. The van der Waals surface area contributed by atoms with Gasteiger partial charge in [0.2, 0.25) is 0 Å². The van der Waals surface area contributed by atoms with Crippen LogP contribution in [-0.4, -0.2) is 30.8 Å². The average Bonchev–Trinajstić information content (AvgIpc) is 2.38. The third kappa shape index (κ3) is 5.63. The first-order chi connectivity index (χ1) is 9.92. The third-order valence-electron chi connectivity index (χ3n) is 3.22. The van der Waals surface area contributed by atoms with Crippen LogP contribution in [0, 0.1) is 0 Å². The van der Waals surface area contributed by atoms with Crippen LogP contribution in [0.5, 0.6) is 0 Å². The van der Waals surface area contributed by atoms with Crippen LogP contribution in [0.1, 0.15) is 33.6 Å². The summed E-state index contributed by atoms with van der Waals surface area (Å²) in [5.74, 6) is 0. The first kappa shape index (κ1) is 15.6. The van der Waals surface area contributed by atoms with Crippen molar-refractivity contribution in [3.8, 4) is 0 Å². The van der Waals surface area contributed by atoms with E-state index in [1.807, 2.05) is 45.0 Å². The molecule has 0 spiro atoms. The average molecular weight is 291 g/mol. The monoisotopic (exact) mass is 291 g/mol. The first-order valence-corrected chi connectivity index (χ1v) is 7.50. The summed E-state index contributed by atoms with van der Waals surface area (Å²) < 4.78 is 5.25. The summed E-state index contributed by atoms with van der Waals surface area (Å²) in [6, 6.07) is 8.23. The van der Waals surface area contributed by atoms with Crippen molar-refractivity contribution in [1.82, 2.24) is 5.32 Å². The Kier molecular flexibility index (Phi) is 5.07. The van der Waals surface area contributed by atoms with E-state index in [2.05, 4.69) is 16.0 Å². The minimum Gasteiger partial charge on any atom is -0.444 e. The highest BCUT2D eigenvalue weighted by molar-refractivity contribution is 5.85. The fourth-order valence-corrected chi connectivity index (χ4v) is 2.31. The van der Waals surface area contributed by atoms with E-state index in [1.54, 1.807) is 0 Å². The molecule has 1 amide bonds. The van der Waals surface area contributed by atoms with E-state index in [9.17, 15) is 4.79 Å². The summed E-state index contributed by atoms with van der Waals surface area (Å²) in [5.41, 5.74) is 1.27. The summed E-state index contributed by atoms with van der Waals surface area (Å²) >= 11 is 0. The Bertz CT molecular complexity index is 477. The first-order valence-electron chi connectivity index (χ1n) is 7.50. The van der Waals surface area contributed by atoms with Gasteiger partial charge in [-0.25, -0.2) is 4.79 Å². The molecule has 116 valence electrons. The molecule has 0 saturated carbocycles. The normalized spacial score (nSPS) is 16.3. The quantitative estimate of drug-likeness (QED) is 0.800. The predicted octanol–water partition coefficient (Wildman–Crippen LogP) is 3.20. The highest BCUT2D eigenvalue weighted by atomic mass is 16.6. The molecule has 5 heteroatoms. The molecule has 1 fully saturated rings. The molecule has 3 N–H and O–H groups in total. The van der Waals surface area contributed by atoms with Crippen molar-refractivity contribution < 1.29 is 9.53 Å². The molecular weight excluding hydrogens is 266 g/mol. The standard InChI is InChI=1S/C16H25N3O2/c1-16(2,3)21-15(20)19-14-6-4-5-13(11-14)18-12-7-9-17-10-8-12/h4-6,11-12,17-18H,7-10H2,1-3H3,(H,19,20). The van der Waals surface area contributed by atoms with Gasteiger partial charge in [0.05, 0.1) is 0 Å². The zero-order valence-electron chi connectivity index (χ0n) is 13.0. The van der Waals surface area contributed by atoms with Crippen LogP contribution < -0.4 is 16.0 Å². The molecule has 0 atom stereocenters. The number of carbonyl (C=O) groups is 1. The van der Waals surface area contributed by atoms with E-state index in [4.69, 9.17) is 4.74 Å². The van der Waals surface area contributed by atoms with Crippen LogP contribution in [0.15, 0.2) is 24.3 Å². The number of rotatable bonds is 3. The van der Waals surface area contributed by atoms with Gasteiger partial charge < -0.3 is 15.4 Å². The Morgan fingerprint density at radius 2 is 1.90 bits per heavy atom. The molecular formula is C16H25N3O2. The number of benzene rings is 1. The van der Waals surface area contributed by atoms with Crippen LogP contribution in [-0.2, 0) is 4.74 Å². The Morgan fingerprint density at radius 1 is 1.24 bits per heavy atom. The molecule has 0 unspecified atom stereocenters. The molecule has 2 rings (SSSR count). The van der Waals surface area contributed by atoms with E-state index in [1.165, 1.54) is 0 Å². The van der Waals surface area contributed by atoms with Gasteiger partial charge >= 0.3 is 6.09 Å². The summed E-state index contributed by atoms with van der Waals surface area (Å²) in [6.45, 7) is 7.64. The minimum absolute atomic E-state index is 0.429. The van der Waals surface area contributed by atoms with Gasteiger partial charge in [0, 0.05) is 17.4 Å². The highest BCUT2D eigenvalue weighted by Gasteiger charge is 2.16. The molecule has 21 heavy (non-hydrogen) atoms. The van der Waals surface area contributed by atoms with Crippen LogP contribution >= 0.6 is 0 Å². The molecule has 1 aromatic rings. The van der Waals surface area contributed by atoms with Gasteiger partial charge in [-0.2, -0.15) is 0 Å². The smallest absolute Gasteiger partial charge is 0.412 e. The van der Waals surface area contributed by atoms with Gasteiger partial charge in [0.15, 0.2) is 0 Å². The Labute approximate surface area is 126 Å². The van der Waals surface area contributed by atoms with Crippen molar-refractivity contribution in [3.63, 3.8) is 0 Å². The van der Waals surface area contributed by atoms with Crippen molar-refractivity contribution >= 4 is 17.5 Å². The molecule has 0 aliphatic carbocycles. The Morgan fingerprint density at radius 3 is 2.57 bits per heavy atom.